The molecule has 0 aliphatic carbocycles. The average molecular weight is 394 g/mol. The van der Waals surface area contributed by atoms with Crippen molar-refractivity contribution < 1.29 is 14.3 Å². The summed E-state index contributed by atoms with van der Waals surface area (Å²) in [7, 11) is 0. The predicted octanol–water partition coefficient (Wildman–Crippen LogP) is 2.26. The second-order valence-electron chi connectivity index (χ2n) is 7.31. The van der Waals surface area contributed by atoms with Crippen molar-refractivity contribution in [3.63, 3.8) is 0 Å². The Morgan fingerprint density at radius 2 is 1.81 bits per heavy atom. The molecular weight excluding hydrogens is 366 g/mol. The summed E-state index contributed by atoms with van der Waals surface area (Å²) in [4.78, 5) is 30.9. The summed E-state index contributed by atoms with van der Waals surface area (Å²) in [5, 5.41) is 0.501. The van der Waals surface area contributed by atoms with E-state index >= 15 is 0 Å². The number of nitrogens with zero attached hydrogens (tertiary/aromatic N) is 3. The van der Waals surface area contributed by atoms with Crippen molar-refractivity contribution >= 4 is 23.4 Å². The number of benzene rings is 1. The summed E-state index contributed by atoms with van der Waals surface area (Å²) in [5.41, 5.74) is 0. The quantitative estimate of drug-likeness (QED) is 0.770. The Morgan fingerprint density at radius 1 is 1.07 bits per heavy atom. The minimum absolute atomic E-state index is 0.0199. The highest BCUT2D eigenvalue weighted by atomic mass is 35.5. The van der Waals surface area contributed by atoms with E-state index in [1.54, 1.807) is 17.0 Å². The highest BCUT2D eigenvalue weighted by molar-refractivity contribution is 6.32. The van der Waals surface area contributed by atoms with Crippen LogP contribution < -0.4 is 4.74 Å². The van der Waals surface area contributed by atoms with Crippen LogP contribution in [0.1, 0.15) is 26.2 Å². The van der Waals surface area contributed by atoms with Gasteiger partial charge < -0.3 is 14.5 Å². The summed E-state index contributed by atoms with van der Waals surface area (Å²) in [6.07, 6.45) is 3.41. The minimum Gasteiger partial charge on any atom is -0.482 e. The zero-order valence-electron chi connectivity index (χ0n) is 15.9. The van der Waals surface area contributed by atoms with Crippen LogP contribution in [0, 0.1) is 0 Å². The lowest BCUT2D eigenvalue weighted by atomic mass is 10.0. The van der Waals surface area contributed by atoms with E-state index in [2.05, 4.69) is 11.8 Å². The molecule has 0 bridgehead atoms. The first-order chi connectivity index (χ1) is 13.0. The van der Waals surface area contributed by atoms with Crippen LogP contribution in [0.25, 0.3) is 0 Å². The van der Waals surface area contributed by atoms with Crippen molar-refractivity contribution in [2.45, 2.75) is 32.2 Å². The van der Waals surface area contributed by atoms with E-state index in [1.807, 2.05) is 17.0 Å². The van der Waals surface area contributed by atoms with Gasteiger partial charge in [0.15, 0.2) is 6.61 Å². The van der Waals surface area contributed by atoms with Gasteiger partial charge in [-0.25, -0.2) is 0 Å². The van der Waals surface area contributed by atoms with Crippen LogP contribution in [0.3, 0.4) is 0 Å². The highest BCUT2D eigenvalue weighted by Gasteiger charge is 2.27. The van der Waals surface area contributed by atoms with Crippen LogP contribution in [-0.4, -0.2) is 78.4 Å². The summed E-state index contributed by atoms with van der Waals surface area (Å²) in [6, 6.07) is 7.48. The number of hydrogen-bond donors (Lipinski definition) is 0. The molecule has 3 rings (SSSR count). The minimum atomic E-state index is -0.0504. The van der Waals surface area contributed by atoms with Gasteiger partial charge in [0.05, 0.1) is 11.6 Å². The van der Waals surface area contributed by atoms with Gasteiger partial charge in [-0.1, -0.05) is 23.7 Å². The Labute approximate surface area is 166 Å². The first-order valence-electron chi connectivity index (χ1n) is 9.71. The van der Waals surface area contributed by atoms with Gasteiger partial charge in [0.2, 0.25) is 5.91 Å². The largest absolute Gasteiger partial charge is 0.482 e. The van der Waals surface area contributed by atoms with Crippen molar-refractivity contribution in [3.05, 3.63) is 29.3 Å². The molecule has 1 atom stereocenters. The number of carbonyl (C=O) groups excluding carboxylic acids is 2. The van der Waals surface area contributed by atoms with E-state index in [4.69, 9.17) is 16.3 Å². The lowest BCUT2D eigenvalue weighted by molar-refractivity contribution is -0.138. The van der Waals surface area contributed by atoms with Crippen LogP contribution in [0.4, 0.5) is 0 Å². The molecule has 2 aliphatic heterocycles. The average Bonchev–Trinajstić information content (AvgIpc) is 2.68. The summed E-state index contributed by atoms with van der Waals surface area (Å²) in [6.45, 7) is 6.10. The zero-order valence-corrected chi connectivity index (χ0v) is 16.7. The smallest absolute Gasteiger partial charge is 0.260 e. The predicted molar refractivity (Wildman–Crippen MR) is 105 cm³/mol. The molecule has 0 aromatic heterocycles. The third kappa shape index (κ3) is 5.36. The molecule has 2 saturated heterocycles. The number of halogens is 1. The Hall–Kier alpha value is -1.79. The number of hydrogen-bond acceptors (Lipinski definition) is 4. The maximum absolute atomic E-state index is 12.6. The molecule has 0 radical (unpaired) electrons. The third-order valence-electron chi connectivity index (χ3n) is 5.39. The topological polar surface area (TPSA) is 53.1 Å². The lowest BCUT2D eigenvalue weighted by Crippen LogP contribution is -2.53. The van der Waals surface area contributed by atoms with Crippen molar-refractivity contribution in [2.75, 3.05) is 45.9 Å². The maximum atomic E-state index is 12.6. The van der Waals surface area contributed by atoms with Gasteiger partial charge in [-0.15, -0.1) is 0 Å². The Balaban J connectivity index is 1.41. The van der Waals surface area contributed by atoms with Crippen LogP contribution in [0.15, 0.2) is 24.3 Å². The molecule has 0 spiro atoms. The number of carbonyl (C=O) groups is 2. The molecule has 27 heavy (non-hydrogen) atoms. The molecule has 0 saturated carbocycles. The maximum Gasteiger partial charge on any atom is 0.260 e. The molecule has 0 N–H and O–H groups in total. The first kappa shape index (κ1) is 20.0. The van der Waals surface area contributed by atoms with E-state index in [-0.39, 0.29) is 18.4 Å². The van der Waals surface area contributed by atoms with E-state index < -0.39 is 0 Å². The first-order valence-corrected chi connectivity index (χ1v) is 10.1. The van der Waals surface area contributed by atoms with Crippen LogP contribution in [-0.2, 0) is 9.59 Å². The highest BCUT2D eigenvalue weighted by Crippen LogP contribution is 2.23. The number of likely N-dealkylation sites (tertiary alicyclic amines) is 1. The van der Waals surface area contributed by atoms with Gasteiger partial charge in [-0.2, -0.15) is 0 Å². The number of piperidine rings is 1. The third-order valence-corrected chi connectivity index (χ3v) is 5.71. The van der Waals surface area contributed by atoms with Crippen molar-refractivity contribution in [1.82, 2.24) is 14.7 Å². The van der Waals surface area contributed by atoms with Crippen LogP contribution >= 0.6 is 11.6 Å². The summed E-state index contributed by atoms with van der Waals surface area (Å²) < 4.78 is 5.54. The number of ether oxygens (including phenoxy) is 1. The Morgan fingerprint density at radius 3 is 2.52 bits per heavy atom. The molecule has 1 aromatic rings. The van der Waals surface area contributed by atoms with E-state index in [1.165, 1.54) is 6.42 Å². The van der Waals surface area contributed by atoms with E-state index in [0.717, 1.165) is 19.4 Å². The molecule has 6 nitrogen and oxygen atoms in total. The number of para-hydroxylation sites is 1. The molecule has 2 amide bonds. The molecule has 7 heteroatoms. The molecule has 2 fully saturated rings. The molecule has 1 aromatic carbocycles. The molecular formula is C20H28ClN3O3. The van der Waals surface area contributed by atoms with Gasteiger partial charge in [-0.05, 0) is 38.3 Å². The molecule has 2 aliphatic rings. The van der Waals surface area contributed by atoms with Crippen LogP contribution in [0.2, 0.25) is 5.02 Å². The van der Waals surface area contributed by atoms with Gasteiger partial charge >= 0.3 is 0 Å². The Bertz CT molecular complexity index is 662. The summed E-state index contributed by atoms with van der Waals surface area (Å²) in [5.74, 6) is 0.682. The van der Waals surface area contributed by atoms with E-state index in [9.17, 15) is 9.59 Å². The Kier molecular flexibility index (Phi) is 6.96. The molecule has 1 unspecified atom stereocenters. The van der Waals surface area contributed by atoms with Gasteiger partial charge in [-0.3, -0.25) is 14.5 Å². The normalized spacial score (nSPS) is 21.2. The fraction of sp³-hybridized carbons (Fsp3) is 0.600. The number of rotatable bonds is 5. The lowest BCUT2D eigenvalue weighted by Gasteiger charge is -2.38. The van der Waals surface area contributed by atoms with Gasteiger partial charge in [0.25, 0.3) is 5.91 Å². The van der Waals surface area contributed by atoms with Gasteiger partial charge in [0, 0.05) is 38.8 Å². The van der Waals surface area contributed by atoms with Crippen molar-refractivity contribution in [1.29, 1.82) is 0 Å². The van der Waals surface area contributed by atoms with Crippen LogP contribution in [0.5, 0.6) is 5.75 Å². The molecule has 2 heterocycles. The summed E-state index contributed by atoms with van der Waals surface area (Å²) >= 11 is 6.04. The number of piperazine rings is 1. The number of amides is 2. The second kappa shape index (κ2) is 9.42. The SMILES string of the molecule is CC1CCCCN1C(=O)CN1CCN(C(=O)COc2ccccc2Cl)CC1. The fourth-order valence-corrected chi connectivity index (χ4v) is 3.89. The standard InChI is InChI=1S/C20H28ClN3O3/c1-16-6-4-5-9-24(16)19(25)14-22-10-12-23(13-11-22)20(26)15-27-18-8-3-2-7-17(18)21/h2-3,7-8,16H,4-6,9-15H2,1H3. The second-order valence-corrected chi connectivity index (χ2v) is 7.72. The van der Waals surface area contributed by atoms with Crippen molar-refractivity contribution in [2.24, 2.45) is 0 Å². The van der Waals surface area contributed by atoms with Crippen molar-refractivity contribution in [3.8, 4) is 5.75 Å². The zero-order chi connectivity index (χ0) is 19.2. The monoisotopic (exact) mass is 393 g/mol. The fourth-order valence-electron chi connectivity index (χ4n) is 3.70. The van der Waals surface area contributed by atoms with E-state index in [0.29, 0.717) is 49.5 Å². The molecule has 148 valence electrons. The van der Waals surface area contributed by atoms with Gasteiger partial charge in [0.1, 0.15) is 5.75 Å².